The number of anilines is 1. The predicted octanol–water partition coefficient (Wildman–Crippen LogP) is 6.47. The molecule has 0 unspecified atom stereocenters. The van der Waals surface area contributed by atoms with Crippen LogP contribution in [0.15, 0.2) is 30.3 Å². The summed E-state index contributed by atoms with van der Waals surface area (Å²) in [6.45, 7) is 6.77. The molecule has 1 heterocycles. The first-order valence-electron chi connectivity index (χ1n) is 13.3. The Bertz CT molecular complexity index is 974. The fourth-order valence-electron chi connectivity index (χ4n) is 5.84. The Balaban J connectivity index is 1.20. The summed E-state index contributed by atoms with van der Waals surface area (Å²) in [5, 5.41) is 0.730. The topological polar surface area (TPSA) is 59.2 Å². The highest BCUT2D eigenvalue weighted by molar-refractivity contribution is 7.15. The molecule has 1 saturated carbocycles. The van der Waals surface area contributed by atoms with E-state index in [9.17, 15) is 4.79 Å². The van der Waals surface area contributed by atoms with Gasteiger partial charge in [-0.1, -0.05) is 55.7 Å². The molecule has 2 N–H and O–H groups in total. The van der Waals surface area contributed by atoms with E-state index in [0.717, 1.165) is 29.5 Å². The number of aryl methyl sites for hydroxylation is 2. The van der Waals surface area contributed by atoms with Crippen LogP contribution in [0.25, 0.3) is 6.08 Å². The van der Waals surface area contributed by atoms with Gasteiger partial charge in [0.15, 0.2) is 10.9 Å². The molecule has 1 aromatic heterocycles. The van der Waals surface area contributed by atoms with Crippen molar-refractivity contribution in [2.75, 3.05) is 18.8 Å². The Hall–Kier alpha value is -1.98. The number of hydrogen-bond acceptors (Lipinski definition) is 5. The van der Waals surface area contributed by atoms with Crippen LogP contribution in [0.1, 0.15) is 80.0 Å². The monoisotopic (exact) mass is 479 g/mol. The molecule has 0 bridgehead atoms. The van der Waals surface area contributed by atoms with Crippen molar-refractivity contribution in [3.8, 4) is 0 Å². The van der Waals surface area contributed by atoms with Gasteiger partial charge in [0.1, 0.15) is 0 Å². The molecule has 0 amide bonds. The molecule has 2 aliphatic carbocycles. The summed E-state index contributed by atoms with van der Waals surface area (Å²) in [5.41, 5.74) is 9.54. The van der Waals surface area contributed by atoms with Gasteiger partial charge >= 0.3 is 0 Å². The van der Waals surface area contributed by atoms with E-state index in [1.807, 2.05) is 12.1 Å². The highest BCUT2D eigenvalue weighted by atomic mass is 32.1. The third-order valence-corrected chi connectivity index (χ3v) is 8.69. The zero-order valence-corrected chi connectivity index (χ0v) is 21.8. The molecular weight excluding hydrogens is 438 g/mol. The van der Waals surface area contributed by atoms with Crippen LogP contribution < -0.4 is 5.73 Å². The maximum absolute atomic E-state index is 12.5. The molecule has 1 aromatic carbocycles. The first kappa shape index (κ1) is 25.1. The Labute approximate surface area is 209 Å². The van der Waals surface area contributed by atoms with Gasteiger partial charge in [0.25, 0.3) is 0 Å². The average molecular weight is 480 g/mol. The highest BCUT2D eigenvalue weighted by Gasteiger charge is 2.28. The number of fused-ring (bicyclic) bond motifs is 1. The number of nitrogens with two attached hydrogens (primary N) is 1. The Kier molecular flexibility index (Phi) is 8.96. The molecule has 0 radical (unpaired) electrons. The van der Waals surface area contributed by atoms with E-state index in [2.05, 4.69) is 41.9 Å². The molecule has 34 heavy (non-hydrogen) atoms. The number of carbonyl (C=O) groups excluding carboxylic acids is 1. The molecule has 0 spiro atoms. The number of carbonyl (C=O) groups is 1. The third kappa shape index (κ3) is 7.02. The molecule has 184 valence electrons. The number of nitrogen functional groups attached to an aromatic ring is 1. The molecule has 0 saturated heterocycles. The maximum Gasteiger partial charge on any atom is 0.180 e. The quantitative estimate of drug-likeness (QED) is 0.397. The van der Waals surface area contributed by atoms with Crippen LogP contribution in [0.3, 0.4) is 0 Å². The van der Waals surface area contributed by atoms with Gasteiger partial charge in [0.05, 0.1) is 5.69 Å². The molecular formula is C29H41N3OS. The van der Waals surface area contributed by atoms with E-state index in [1.165, 1.54) is 74.2 Å². The molecule has 2 aliphatic rings. The number of ketones is 1. The molecule has 2 aromatic rings. The molecule has 1 fully saturated rings. The van der Waals surface area contributed by atoms with Gasteiger partial charge in [-0.15, -0.1) is 11.3 Å². The second-order valence-electron chi connectivity index (χ2n) is 10.4. The van der Waals surface area contributed by atoms with Gasteiger partial charge in [-0.2, -0.15) is 0 Å². The summed E-state index contributed by atoms with van der Waals surface area (Å²) >= 11 is 1.69. The Morgan fingerprint density at radius 1 is 1.18 bits per heavy atom. The van der Waals surface area contributed by atoms with Crippen molar-refractivity contribution in [3.63, 3.8) is 0 Å². The van der Waals surface area contributed by atoms with Crippen molar-refractivity contribution >= 4 is 28.3 Å². The second kappa shape index (κ2) is 12.1. The van der Waals surface area contributed by atoms with E-state index < -0.39 is 0 Å². The molecule has 1 atom stereocenters. The van der Waals surface area contributed by atoms with Crippen LogP contribution in [0, 0.1) is 18.8 Å². The number of allylic oxidation sites excluding steroid dienone is 1. The maximum atomic E-state index is 12.5. The lowest BCUT2D eigenvalue weighted by atomic mass is 9.78. The summed E-state index contributed by atoms with van der Waals surface area (Å²) in [5.74, 6) is 1.65. The first-order valence-corrected chi connectivity index (χ1v) is 14.1. The highest BCUT2D eigenvalue weighted by Crippen LogP contribution is 2.34. The van der Waals surface area contributed by atoms with Crippen LogP contribution in [-0.4, -0.2) is 34.8 Å². The van der Waals surface area contributed by atoms with Gasteiger partial charge in [0, 0.05) is 17.3 Å². The van der Waals surface area contributed by atoms with Crippen molar-refractivity contribution in [2.45, 2.75) is 84.1 Å². The van der Waals surface area contributed by atoms with Crippen molar-refractivity contribution in [1.29, 1.82) is 0 Å². The molecule has 4 nitrogen and oxygen atoms in total. The van der Waals surface area contributed by atoms with Gasteiger partial charge in [-0.25, -0.2) is 4.98 Å². The van der Waals surface area contributed by atoms with Crippen LogP contribution in [-0.2, 0) is 17.6 Å². The van der Waals surface area contributed by atoms with Crippen LogP contribution in [0.2, 0.25) is 0 Å². The van der Waals surface area contributed by atoms with Crippen LogP contribution in [0.5, 0.6) is 0 Å². The average Bonchev–Trinajstić information content (AvgIpc) is 3.20. The smallest absolute Gasteiger partial charge is 0.180 e. The standard InChI is InChI=1S/C29H41N3OS/c1-3-16-32(25-12-14-27-28(20-25)34-29(30)31-27)17-15-22-7-9-24(10-8-22)19-26(33)13-11-23-6-4-5-21(2)18-23/h4-6,11,13,18,22,24-25H,3,7-10,12,14-17,19-20H2,1-2H3,(H2,30,31)/b13-11+/t22?,24?,25-/m0/s1. The minimum atomic E-state index is 0.277. The van der Waals surface area contributed by atoms with E-state index in [-0.39, 0.29) is 5.78 Å². The SMILES string of the molecule is CCCN(CCC1CCC(CC(=O)/C=C/c2cccc(C)c2)CC1)[C@H]1CCc2nc(N)sc2C1. The van der Waals surface area contributed by atoms with Crippen molar-refractivity contribution in [3.05, 3.63) is 52.0 Å². The largest absolute Gasteiger partial charge is 0.375 e. The third-order valence-electron chi connectivity index (χ3n) is 7.74. The number of rotatable bonds is 10. The lowest BCUT2D eigenvalue weighted by Crippen LogP contribution is -2.41. The number of hydrogen-bond donors (Lipinski definition) is 1. The van der Waals surface area contributed by atoms with E-state index in [1.54, 1.807) is 17.4 Å². The fourth-order valence-corrected chi connectivity index (χ4v) is 6.79. The summed E-state index contributed by atoms with van der Waals surface area (Å²) in [6, 6.07) is 8.95. The van der Waals surface area contributed by atoms with Gasteiger partial charge < -0.3 is 10.6 Å². The summed E-state index contributed by atoms with van der Waals surface area (Å²) in [7, 11) is 0. The fraction of sp³-hybridized carbons (Fsp3) is 0.586. The summed E-state index contributed by atoms with van der Waals surface area (Å²) in [6.07, 6.45) is 15.3. The number of thiazole rings is 1. The Morgan fingerprint density at radius 2 is 1.97 bits per heavy atom. The number of benzene rings is 1. The van der Waals surface area contributed by atoms with E-state index in [0.29, 0.717) is 18.4 Å². The van der Waals surface area contributed by atoms with Gasteiger partial charge in [0.2, 0.25) is 0 Å². The number of nitrogens with zero attached hydrogens (tertiary/aromatic N) is 2. The number of aromatic nitrogens is 1. The lowest BCUT2D eigenvalue weighted by Gasteiger charge is -2.36. The summed E-state index contributed by atoms with van der Waals surface area (Å²) < 4.78 is 0. The zero-order chi connectivity index (χ0) is 23.9. The summed E-state index contributed by atoms with van der Waals surface area (Å²) in [4.78, 5) is 21.2. The zero-order valence-electron chi connectivity index (χ0n) is 21.0. The van der Waals surface area contributed by atoms with E-state index in [4.69, 9.17) is 5.73 Å². The van der Waals surface area contributed by atoms with E-state index >= 15 is 0 Å². The van der Waals surface area contributed by atoms with Crippen LogP contribution in [0.4, 0.5) is 5.13 Å². The minimum Gasteiger partial charge on any atom is -0.375 e. The predicted molar refractivity (Wildman–Crippen MR) is 144 cm³/mol. The Morgan fingerprint density at radius 3 is 2.74 bits per heavy atom. The van der Waals surface area contributed by atoms with Crippen molar-refractivity contribution in [2.24, 2.45) is 11.8 Å². The van der Waals surface area contributed by atoms with Gasteiger partial charge in [-0.05, 0) is 88.4 Å². The normalized spacial score (nSPS) is 22.9. The molecule has 4 rings (SSSR count). The van der Waals surface area contributed by atoms with Crippen molar-refractivity contribution in [1.82, 2.24) is 9.88 Å². The minimum absolute atomic E-state index is 0.277. The molecule has 5 heteroatoms. The second-order valence-corrected chi connectivity index (χ2v) is 11.6. The molecule has 0 aliphatic heterocycles. The van der Waals surface area contributed by atoms with Crippen LogP contribution >= 0.6 is 11.3 Å². The first-order chi connectivity index (χ1) is 16.5. The van der Waals surface area contributed by atoms with Gasteiger partial charge in [-0.3, -0.25) is 4.79 Å². The van der Waals surface area contributed by atoms with Crippen molar-refractivity contribution < 1.29 is 4.79 Å². The lowest BCUT2D eigenvalue weighted by molar-refractivity contribution is -0.115.